The maximum atomic E-state index is 13.2. The second-order valence-electron chi connectivity index (χ2n) is 8.24. The summed E-state index contributed by atoms with van der Waals surface area (Å²) in [6, 6.07) is 11.7. The lowest BCUT2D eigenvalue weighted by atomic mass is 10.1. The van der Waals surface area contributed by atoms with Gasteiger partial charge in [0.05, 0.1) is 17.4 Å². The van der Waals surface area contributed by atoms with Crippen molar-refractivity contribution in [2.45, 2.75) is 43.7 Å². The predicted octanol–water partition coefficient (Wildman–Crippen LogP) is 4.34. The largest absolute Gasteiger partial charge is 0.491 e. The Morgan fingerprint density at radius 3 is 2.59 bits per heavy atom. The molecule has 1 atom stereocenters. The summed E-state index contributed by atoms with van der Waals surface area (Å²) < 4.78 is 35.4. The van der Waals surface area contributed by atoms with E-state index in [1.807, 2.05) is 30.7 Å². The molecule has 0 radical (unpaired) electrons. The maximum Gasteiger partial charge on any atom is 0.307 e. The van der Waals surface area contributed by atoms with E-state index in [9.17, 15) is 18.3 Å². The summed E-state index contributed by atoms with van der Waals surface area (Å²) in [4.78, 5) is 11.5. The van der Waals surface area contributed by atoms with Gasteiger partial charge in [0.1, 0.15) is 5.75 Å². The van der Waals surface area contributed by atoms with E-state index >= 15 is 0 Å². The van der Waals surface area contributed by atoms with Crippen LogP contribution in [0.3, 0.4) is 0 Å². The van der Waals surface area contributed by atoms with E-state index in [1.54, 1.807) is 36.4 Å². The Balaban J connectivity index is 1.59. The van der Waals surface area contributed by atoms with Crippen molar-refractivity contribution in [2.75, 3.05) is 13.1 Å². The molecule has 1 aromatic heterocycles. The number of aliphatic carboxylic acids is 1. The molecule has 0 saturated carbocycles. The van der Waals surface area contributed by atoms with E-state index in [0.717, 1.165) is 10.9 Å². The molecule has 32 heavy (non-hydrogen) atoms. The molecule has 1 aliphatic rings. The number of rotatable bonds is 7. The van der Waals surface area contributed by atoms with Crippen LogP contribution in [0.2, 0.25) is 5.02 Å². The molecule has 7 nitrogen and oxygen atoms in total. The summed E-state index contributed by atoms with van der Waals surface area (Å²) in [7, 11) is -3.65. The second kappa shape index (κ2) is 8.77. The number of nitrogens with zero attached hydrogens (tertiary/aromatic N) is 2. The van der Waals surface area contributed by atoms with Crippen LogP contribution in [0.25, 0.3) is 10.9 Å². The van der Waals surface area contributed by atoms with Crippen molar-refractivity contribution in [3.8, 4) is 5.75 Å². The Kier molecular flexibility index (Phi) is 6.20. The second-order valence-corrected chi connectivity index (χ2v) is 10.6. The van der Waals surface area contributed by atoms with Crippen LogP contribution in [-0.4, -0.2) is 47.6 Å². The van der Waals surface area contributed by atoms with Crippen LogP contribution in [0.1, 0.15) is 31.9 Å². The van der Waals surface area contributed by atoms with Crippen molar-refractivity contribution in [2.24, 2.45) is 0 Å². The molecule has 0 amide bonds. The zero-order chi connectivity index (χ0) is 23.0. The molecule has 2 aromatic carbocycles. The Morgan fingerprint density at radius 2 is 1.94 bits per heavy atom. The molecule has 9 heteroatoms. The third-order valence-electron chi connectivity index (χ3n) is 5.57. The van der Waals surface area contributed by atoms with E-state index in [2.05, 4.69) is 0 Å². The highest BCUT2D eigenvalue weighted by Crippen LogP contribution is 2.34. The van der Waals surface area contributed by atoms with E-state index in [0.29, 0.717) is 35.8 Å². The molecule has 1 saturated heterocycles. The molecule has 1 N–H and O–H groups in total. The van der Waals surface area contributed by atoms with E-state index in [4.69, 9.17) is 16.3 Å². The van der Waals surface area contributed by atoms with Gasteiger partial charge in [0.15, 0.2) is 0 Å². The number of hydrogen-bond donors (Lipinski definition) is 1. The van der Waals surface area contributed by atoms with Crippen LogP contribution in [0.5, 0.6) is 5.75 Å². The van der Waals surface area contributed by atoms with Crippen molar-refractivity contribution >= 4 is 38.5 Å². The zero-order valence-electron chi connectivity index (χ0n) is 17.9. The molecule has 0 aliphatic carbocycles. The summed E-state index contributed by atoms with van der Waals surface area (Å²) in [5.41, 5.74) is 1.52. The lowest BCUT2D eigenvalue weighted by Crippen LogP contribution is -2.29. The third kappa shape index (κ3) is 4.48. The average molecular weight is 477 g/mol. The highest BCUT2D eigenvalue weighted by atomic mass is 35.5. The van der Waals surface area contributed by atoms with Gasteiger partial charge in [0, 0.05) is 41.3 Å². The number of hydrogen-bond acceptors (Lipinski definition) is 4. The molecular formula is C23H25ClN2O5S. The van der Waals surface area contributed by atoms with Gasteiger partial charge in [-0.3, -0.25) is 4.79 Å². The number of carbonyl (C=O) groups is 1. The Labute approximate surface area is 192 Å². The molecule has 0 bridgehead atoms. The SMILES string of the molecule is CC(C)Oc1ccc(S(=O)(=O)N2CCC(n3cc(CC(=O)O)c4cc(Cl)ccc43)C2)cc1. The minimum absolute atomic E-state index is 0.00842. The van der Waals surface area contributed by atoms with Gasteiger partial charge in [-0.1, -0.05) is 11.6 Å². The minimum atomic E-state index is -3.65. The molecule has 1 fully saturated rings. The van der Waals surface area contributed by atoms with Crippen molar-refractivity contribution in [1.82, 2.24) is 8.87 Å². The number of halogens is 1. The van der Waals surface area contributed by atoms with Crippen LogP contribution < -0.4 is 4.74 Å². The molecule has 3 aromatic rings. The van der Waals surface area contributed by atoms with Crippen molar-refractivity contribution in [3.05, 3.63) is 59.2 Å². The van der Waals surface area contributed by atoms with E-state index in [-0.39, 0.29) is 23.5 Å². The number of carboxylic acid groups (broad SMARTS) is 1. The monoisotopic (exact) mass is 476 g/mol. The van der Waals surface area contributed by atoms with Crippen molar-refractivity contribution in [1.29, 1.82) is 0 Å². The van der Waals surface area contributed by atoms with Crippen molar-refractivity contribution < 1.29 is 23.1 Å². The van der Waals surface area contributed by atoms with E-state index < -0.39 is 16.0 Å². The van der Waals surface area contributed by atoms with Crippen LogP contribution in [0.4, 0.5) is 0 Å². The van der Waals surface area contributed by atoms with Gasteiger partial charge >= 0.3 is 5.97 Å². The van der Waals surface area contributed by atoms with Gasteiger partial charge in [-0.25, -0.2) is 8.42 Å². The van der Waals surface area contributed by atoms with Gasteiger partial charge < -0.3 is 14.4 Å². The highest BCUT2D eigenvalue weighted by Gasteiger charge is 2.34. The van der Waals surface area contributed by atoms with Crippen LogP contribution in [-0.2, 0) is 21.2 Å². The smallest absolute Gasteiger partial charge is 0.307 e. The molecule has 170 valence electrons. The highest BCUT2D eigenvalue weighted by molar-refractivity contribution is 7.89. The number of aromatic nitrogens is 1. The Morgan fingerprint density at radius 1 is 1.22 bits per heavy atom. The fourth-order valence-corrected chi connectivity index (χ4v) is 5.84. The standard InChI is InChI=1S/C23H25ClN2O5S/c1-15(2)31-19-4-6-20(7-5-19)32(29,30)25-10-9-18(14-25)26-13-16(11-23(27)28)21-12-17(24)3-8-22(21)26/h3-8,12-13,15,18H,9-11,14H2,1-2H3,(H,27,28). The summed E-state index contributed by atoms with van der Waals surface area (Å²) in [5.74, 6) is -0.300. The topological polar surface area (TPSA) is 88.8 Å². The fourth-order valence-electron chi connectivity index (χ4n) is 4.17. The maximum absolute atomic E-state index is 13.2. The normalized spacial score (nSPS) is 17.3. The predicted molar refractivity (Wildman–Crippen MR) is 123 cm³/mol. The molecular weight excluding hydrogens is 452 g/mol. The first-order valence-corrected chi connectivity index (χ1v) is 12.2. The lowest BCUT2D eigenvalue weighted by Gasteiger charge is -2.18. The summed E-state index contributed by atoms with van der Waals surface area (Å²) >= 11 is 6.13. The average Bonchev–Trinajstić information content (AvgIpc) is 3.33. The molecule has 0 spiro atoms. The number of ether oxygens (including phenoxy) is 1. The third-order valence-corrected chi connectivity index (χ3v) is 7.69. The number of carboxylic acids is 1. The molecule has 1 aliphatic heterocycles. The molecule has 4 rings (SSSR count). The van der Waals surface area contributed by atoms with Gasteiger partial charge in [-0.2, -0.15) is 4.31 Å². The molecule has 1 unspecified atom stereocenters. The van der Waals surface area contributed by atoms with Gasteiger partial charge in [-0.05, 0) is 68.3 Å². The lowest BCUT2D eigenvalue weighted by molar-refractivity contribution is -0.136. The Bertz CT molecular complexity index is 1250. The summed E-state index contributed by atoms with van der Waals surface area (Å²) in [6.45, 7) is 4.52. The fraction of sp³-hybridized carbons (Fsp3) is 0.348. The van der Waals surface area contributed by atoms with Crippen LogP contribution in [0.15, 0.2) is 53.6 Å². The first-order chi connectivity index (χ1) is 15.1. The summed E-state index contributed by atoms with van der Waals surface area (Å²) in [6.07, 6.45) is 2.33. The minimum Gasteiger partial charge on any atom is -0.491 e. The first kappa shape index (κ1) is 22.6. The van der Waals surface area contributed by atoms with E-state index in [1.165, 1.54) is 4.31 Å². The van der Waals surface area contributed by atoms with Crippen LogP contribution in [0, 0.1) is 0 Å². The van der Waals surface area contributed by atoms with Gasteiger partial charge in [0.25, 0.3) is 0 Å². The molecule has 2 heterocycles. The quantitative estimate of drug-likeness (QED) is 0.547. The number of fused-ring (bicyclic) bond motifs is 1. The number of sulfonamides is 1. The van der Waals surface area contributed by atoms with Gasteiger partial charge in [0.2, 0.25) is 10.0 Å². The van der Waals surface area contributed by atoms with Crippen molar-refractivity contribution in [3.63, 3.8) is 0 Å². The summed E-state index contributed by atoms with van der Waals surface area (Å²) in [5, 5.41) is 10.6. The zero-order valence-corrected chi connectivity index (χ0v) is 19.4. The van der Waals surface area contributed by atoms with Gasteiger partial charge in [-0.15, -0.1) is 0 Å². The number of benzene rings is 2. The van der Waals surface area contributed by atoms with Crippen LogP contribution >= 0.6 is 11.6 Å². The Hall–Kier alpha value is -2.55. The first-order valence-electron chi connectivity index (χ1n) is 10.4.